The lowest BCUT2D eigenvalue weighted by atomic mass is 10.1. The van der Waals surface area contributed by atoms with Crippen LogP contribution in [0.3, 0.4) is 0 Å². The van der Waals surface area contributed by atoms with Crippen LogP contribution in [0, 0.1) is 0 Å². The molecule has 0 aliphatic heterocycles. The number of carbonyl (C=O) groups excluding carboxylic acids is 1. The Balaban J connectivity index is 1.45. The highest BCUT2D eigenvalue weighted by Gasteiger charge is 2.18. The Morgan fingerprint density at radius 3 is 2.46 bits per heavy atom. The molecule has 3 nitrogen and oxygen atoms in total. The first-order valence-electron chi connectivity index (χ1n) is 8.19. The lowest BCUT2D eigenvalue weighted by Crippen LogP contribution is -2.34. The Morgan fingerprint density at radius 2 is 1.65 bits per heavy atom. The van der Waals surface area contributed by atoms with Crippen molar-refractivity contribution in [3.63, 3.8) is 0 Å². The quantitative estimate of drug-likeness (QED) is 0.439. The molecule has 2 N–H and O–H groups in total. The Bertz CT molecular complexity index is 1010. The van der Waals surface area contributed by atoms with Crippen molar-refractivity contribution in [2.24, 2.45) is 0 Å². The minimum atomic E-state index is -0.233. The van der Waals surface area contributed by atoms with Gasteiger partial charge in [-0.05, 0) is 77.3 Å². The topological polar surface area (TPSA) is 41.1 Å². The zero-order valence-corrected chi connectivity index (χ0v) is 16.2. The van der Waals surface area contributed by atoms with Gasteiger partial charge in [-0.3, -0.25) is 10.1 Å². The van der Waals surface area contributed by atoms with Crippen molar-refractivity contribution in [2.45, 2.75) is 6.42 Å². The van der Waals surface area contributed by atoms with Crippen LogP contribution in [0.25, 0.3) is 11.1 Å². The van der Waals surface area contributed by atoms with E-state index in [1.54, 1.807) is 12.1 Å². The molecule has 0 radical (unpaired) electrons. The van der Waals surface area contributed by atoms with E-state index in [-0.39, 0.29) is 11.0 Å². The highest BCUT2D eigenvalue weighted by Crippen LogP contribution is 2.37. The first kappa shape index (κ1) is 16.9. The van der Waals surface area contributed by atoms with Gasteiger partial charge in [0.2, 0.25) is 0 Å². The molecule has 3 aromatic carbocycles. The van der Waals surface area contributed by atoms with Gasteiger partial charge in [0.15, 0.2) is 5.11 Å². The van der Waals surface area contributed by atoms with Gasteiger partial charge in [-0.2, -0.15) is 0 Å². The average molecular weight is 423 g/mol. The largest absolute Gasteiger partial charge is 0.332 e. The van der Waals surface area contributed by atoms with E-state index in [9.17, 15) is 4.79 Å². The molecule has 4 rings (SSSR count). The molecule has 1 aliphatic rings. The summed E-state index contributed by atoms with van der Waals surface area (Å²) in [6, 6.07) is 21.7. The normalized spacial score (nSPS) is 11.4. The molecule has 26 heavy (non-hydrogen) atoms. The molecule has 0 saturated heterocycles. The van der Waals surface area contributed by atoms with Gasteiger partial charge in [0.1, 0.15) is 0 Å². The minimum absolute atomic E-state index is 0.233. The van der Waals surface area contributed by atoms with Gasteiger partial charge >= 0.3 is 0 Å². The molecule has 0 heterocycles. The van der Waals surface area contributed by atoms with Gasteiger partial charge in [0, 0.05) is 15.7 Å². The molecule has 0 unspecified atom stereocenters. The molecule has 128 valence electrons. The second-order valence-electron chi connectivity index (χ2n) is 6.12. The molecule has 0 saturated carbocycles. The van der Waals surface area contributed by atoms with E-state index in [1.165, 1.54) is 22.3 Å². The maximum absolute atomic E-state index is 12.2. The summed E-state index contributed by atoms with van der Waals surface area (Å²) in [6.07, 6.45) is 0.916. The number of anilines is 1. The zero-order chi connectivity index (χ0) is 18.1. The highest BCUT2D eigenvalue weighted by molar-refractivity contribution is 9.10. The first-order chi connectivity index (χ1) is 12.6. The maximum atomic E-state index is 12.2. The summed E-state index contributed by atoms with van der Waals surface area (Å²) in [5.74, 6) is -0.233. The van der Waals surface area contributed by atoms with E-state index in [0.717, 1.165) is 16.6 Å². The van der Waals surface area contributed by atoms with Crippen molar-refractivity contribution in [1.29, 1.82) is 0 Å². The number of thiocarbonyl (C=S) groups is 1. The summed E-state index contributed by atoms with van der Waals surface area (Å²) >= 11 is 8.64. The monoisotopic (exact) mass is 422 g/mol. The van der Waals surface area contributed by atoms with E-state index in [4.69, 9.17) is 12.2 Å². The van der Waals surface area contributed by atoms with Crippen LogP contribution < -0.4 is 10.6 Å². The smallest absolute Gasteiger partial charge is 0.257 e. The van der Waals surface area contributed by atoms with Crippen LogP contribution in [0.1, 0.15) is 21.5 Å². The highest BCUT2D eigenvalue weighted by atomic mass is 79.9. The summed E-state index contributed by atoms with van der Waals surface area (Å²) in [5.41, 5.74) is 6.58. The Morgan fingerprint density at radius 1 is 0.923 bits per heavy atom. The number of amides is 1. The molecule has 0 spiro atoms. The molecular formula is C21H15BrN2OS. The second kappa shape index (κ2) is 7.02. The van der Waals surface area contributed by atoms with E-state index < -0.39 is 0 Å². The van der Waals surface area contributed by atoms with E-state index in [0.29, 0.717) is 5.56 Å². The predicted molar refractivity (Wildman–Crippen MR) is 113 cm³/mol. The van der Waals surface area contributed by atoms with Crippen LogP contribution in [0.4, 0.5) is 5.69 Å². The number of hydrogen-bond acceptors (Lipinski definition) is 2. The minimum Gasteiger partial charge on any atom is -0.332 e. The molecule has 0 aromatic heterocycles. The van der Waals surface area contributed by atoms with Gasteiger partial charge in [0.05, 0.1) is 0 Å². The summed E-state index contributed by atoms with van der Waals surface area (Å²) in [7, 11) is 0. The number of rotatable bonds is 2. The van der Waals surface area contributed by atoms with E-state index in [2.05, 4.69) is 63.0 Å². The standard InChI is InChI=1S/C21H15BrN2OS/c22-16-7-5-13(6-8-16)20(25)24-21(26)23-17-9-10-19-15(12-17)11-14-3-1-2-4-18(14)19/h1-10,12H,11H2,(H2,23,24,25,26). The van der Waals surface area contributed by atoms with Crippen LogP contribution in [-0.4, -0.2) is 11.0 Å². The first-order valence-corrected chi connectivity index (χ1v) is 9.39. The third-order valence-electron chi connectivity index (χ3n) is 4.39. The molecule has 0 fully saturated rings. The average Bonchev–Trinajstić information content (AvgIpc) is 2.99. The van der Waals surface area contributed by atoms with Crippen molar-refractivity contribution in [3.8, 4) is 11.1 Å². The van der Waals surface area contributed by atoms with Gasteiger partial charge in [-0.15, -0.1) is 0 Å². The van der Waals surface area contributed by atoms with Crippen LogP contribution >= 0.6 is 28.1 Å². The fourth-order valence-corrected chi connectivity index (χ4v) is 3.64. The number of carbonyl (C=O) groups is 1. The number of halogens is 1. The van der Waals surface area contributed by atoms with Gasteiger partial charge in [0.25, 0.3) is 5.91 Å². The molecule has 5 heteroatoms. The Kier molecular flexibility index (Phi) is 4.57. The summed E-state index contributed by atoms with van der Waals surface area (Å²) < 4.78 is 0.925. The number of fused-ring (bicyclic) bond motifs is 3. The van der Waals surface area contributed by atoms with Crippen LogP contribution in [-0.2, 0) is 6.42 Å². The molecule has 3 aromatic rings. The van der Waals surface area contributed by atoms with Gasteiger partial charge in [-0.1, -0.05) is 46.3 Å². The Labute approximate surface area is 165 Å². The Hall–Kier alpha value is -2.50. The fourth-order valence-electron chi connectivity index (χ4n) is 3.16. The molecular weight excluding hydrogens is 408 g/mol. The summed E-state index contributed by atoms with van der Waals surface area (Å²) in [6.45, 7) is 0. The van der Waals surface area contributed by atoms with E-state index >= 15 is 0 Å². The SMILES string of the molecule is O=C(NC(=S)Nc1ccc2c(c1)Cc1ccccc1-2)c1ccc(Br)cc1. The summed E-state index contributed by atoms with van der Waals surface area (Å²) in [5, 5.41) is 6.10. The molecule has 1 aliphatic carbocycles. The second-order valence-corrected chi connectivity index (χ2v) is 7.44. The third-order valence-corrected chi connectivity index (χ3v) is 5.12. The molecule has 0 bridgehead atoms. The van der Waals surface area contributed by atoms with Crippen molar-refractivity contribution < 1.29 is 4.79 Å². The van der Waals surface area contributed by atoms with Crippen molar-refractivity contribution in [3.05, 3.63) is 87.9 Å². The van der Waals surface area contributed by atoms with Crippen molar-refractivity contribution in [2.75, 3.05) is 5.32 Å². The fraction of sp³-hybridized carbons (Fsp3) is 0.0476. The summed E-state index contributed by atoms with van der Waals surface area (Å²) in [4.78, 5) is 12.2. The molecule has 1 amide bonds. The van der Waals surface area contributed by atoms with Gasteiger partial charge in [-0.25, -0.2) is 0 Å². The maximum Gasteiger partial charge on any atom is 0.257 e. The van der Waals surface area contributed by atoms with Crippen LogP contribution in [0.2, 0.25) is 0 Å². The predicted octanol–water partition coefficient (Wildman–Crippen LogP) is 5.15. The van der Waals surface area contributed by atoms with Gasteiger partial charge < -0.3 is 5.32 Å². The number of hydrogen-bond donors (Lipinski definition) is 2. The third kappa shape index (κ3) is 3.41. The van der Waals surface area contributed by atoms with Crippen LogP contribution in [0.5, 0.6) is 0 Å². The van der Waals surface area contributed by atoms with Crippen molar-refractivity contribution in [1.82, 2.24) is 5.32 Å². The number of nitrogens with one attached hydrogen (secondary N) is 2. The van der Waals surface area contributed by atoms with Crippen molar-refractivity contribution >= 4 is 44.9 Å². The number of benzene rings is 3. The molecule has 0 atom stereocenters. The lowest BCUT2D eigenvalue weighted by Gasteiger charge is -2.11. The van der Waals surface area contributed by atoms with Crippen LogP contribution in [0.15, 0.2) is 71.2 Å². The lowest BCUT2D eigenvalue weighted by molar-refractivity contribution is 0.0977. The van der Waals surface area contributed by atoms with E-state index in [1.807, 2.05) is 18.2 Å². The zero-order valence-electron chi connectivity index (χ0n) is 13.8.